The van der Waals surface area contributed by atoms with Crippen LogP contribution in [0.2, 0.25) is 0 Å². The fourth-order valence-corrected chi connectivity index (χ4v) is 1.97. The Bertz CT molecular complexity index is 439. The topological polar surface area (TPSA) is 55.1 Å². The maximum Gasteiger partial charge on any atom is 0.309 e. The van der Waals surface area contributed by atoms with Crippen molar-refractivity contribution in [1.29, 1.82) is 0 Å². The number of hydrogen-bond acceptors (Lipinski definition) is 2. The SMILES string of the molecule is Cc1nn(C(C)C)c(C)c1C(F)(F)CC(=O)O. The molecule has 17 heavy (non-hydrogen) atoms. The summed E-state index contributed by atoms with van der Waals surface area (Å²) in [7, 11) is 0. The van der Waals surface area contributed by atoms with Crippen molar-refractivity contribution in [3.63, 3.8) is 0 Å². The molecule has 0 atom stereocenters. The standard InChI is InChI=1S/C11H16F2N2O2/c1-6(2)15-8(4)10(7(3)14-15)11(12,13)5-9(16)17/h6H,5H2,1-4H3,(H,16,17). The minimum atomic E-state index is -3.38. The van der Waals surface area contributed by atoms with E-state index in [4.69, 9.17) is 5.11 Å². The van der Waals surface area contributed by atoms with E-state index in [2.05, 4.69) is 5.10 Å². The molecule has 1 heterocycles. The molecule has 0 saturated carbocycles. The van der Waals surface area contributed by atoms with E-state index in [0.29, 0.717) is 5.69 Å². The predicted molar refractivity (Wildman–Crippen MR) is 58.2 cm³/mol. The Morgan fingerprint density at radius 3 is 2.35 bits per heavy atom. The van der Waals surface area contributed by atoms with Crippen molar-refractivity contribution >= 4 is 5.97 Å². The van der Waals surface area contributed by atoms with Gasteiger partial charge in [0.15, 0.2) is 0 Å². The third kappa shape index (κ3) is 2.62. The third-order valence-corrected chi connectivity index (χ3v) is 2.55. The minimum Gasteiger partial charge on any atom is -0.481 e. The van der Waals surface area contributed by atoms with E-state index in [0.717, 1.165) is 0 Å². The van der Waals surface area contributed by atoms with Crippen LogP contribution in [0.25, 0.3) is 0 Å². The molecule has 0 amide bonds. The highest BCUT2D eigenvalue weighted by Crippen LogP contribution is 2.36. The summed E-state index contributed by atoms with van der Waals surface area (Å²) in [4.78, 5) is 10.4. The zero-order valence-corrected chi connectivity index (χ0v) is 10.3. The van der Waals surface area contributed by atoms with E-state index in [1.54, 1.807) is 0 Å². The average molecular weight is 246 g/mol. The van der Waals surface area contributed by atoms with Crippen LogP contribution in [0, 0.1) is 13.8 Å². The van der Waals surface area contributed by atoms with Crippen LogP contribution in [0.4, 0.5) is 8.78 Å². The largest absolute Gasteiger partial charge is 0.481 e. The summed E-state index contributed by atoms with van der Waals surface area (Å²) in [6.07, 6.45) is -1.21. The molecule has 0 bridgehead atoms. The van der Waals surface area contributed by atoms with Gasteiger partial charge in [-0.1, -0.05) is 0 Å². The Kier molecular flexibility index (Phi) is 3.54. The lowest BCUT2D eigenvalue weighted by Crippen LogP contribution is -2.20. The van der Waals surface area contributed by atoms with Gasteiger partial charge in [-0.25, -0.2) is 8.78 Å². The molecule has 0 saturated heterocycles. The highest BCUT2D eigenvalue weighted by molar-refractivity contribution is 5.68. The number of rotatable bonds is 4. The molecule has 1 aromatic rings. The van der Waals surface area contributed by atoms with Gasteiger partial charge in [0.2, 0.25) is 0 Å². The first-order valence-corrected chi connectivity index (χ1v) is 5.32. The van der Waals surface area contributed by atoms with Gasteiger partial charge in [0.05, 0.1) is 11.3 Å². The molecular weight excluding hydrogens is 230 g/mol. The Morgan fingerprint density at radius 2 is 2.00 bits per heavy atom. The average Bonchev–Trinajstić information content (AvgIpc) is 2.39. The number of aliphatic carboxylic acids is 1. The lowest BCUT2D eigenvalue weighted by atomic mass is 10.0. The monoisotopic (exact) mass is 246 g/mol. The van der Waals surface area contributed by atoms with Gasteiger partial charge in [-0.3, -0.25) is 9.48 Å². The molecule has 4 nitrogen and oxygen atoms in total. The van der Waals surface area contributed by atoms with Crippen LogP contribution in [-0.2, 0) is 10.7 Å². The van der Waals surface area contributed by atoms with Crippen LogP contribution in [0.1, 0.15) is 43.3 Å². The van der Waals surface area contributed by atoms with Gasteiger partial charge in [0, 0.05) is 11.7 Å². The molecule has 1 rings (SSSR count). The molecule has 0 aromatic carbocycles. The van der Waals surface area contributed by atoms with E-state index in [-0.39, 0.29) is 17.3 Å². The molecule has 6 heteroatoms. The van der Waals surface area contributed by atoms with E-state index in [1.807, 2.05) is 13.8 Å². The Labute approximate surface area is 98.2 Å². The molecule has 0 radical (unpaired) electrons. The van der Waals surface area contributed by atoms with Crippen molar-refractivity contribution in [2.24, 2.45) is 0 Å². The maximum atomic E-state index is 13.8. The molecule has 0 fully saturated rings. The fraction of sp³-hybridized carbons (Fsp3) is 0.636. The van der Waals surface area contributed by atoms with E-state index in [9.17, 15) is 13.6 Å². The van der Waals surface area contributed by atoms with Crippen molar-refractivity contribution < 1.29 is 18.7 Å². The molecule has 0 aliphatic carbocycles. The maximum absolute atomic E-state index is 13.8. The van der Waals surface area contributed by atoms with Gasteiger partial charge in [0.25, 0.3) is 5.92 Å². The second-order valence-electron chi connectivity index (χ2n) is 4.36. The molecule has 96 valence electrons. The zero-order valence-electron chi connectivity index (χ0n) is 10.3. The number of carbonyl (C=O) groups is 1. The normalized spacial score (nSPS) is 12.2. The summed E-state index contributed by atoms with van der Waals surface area (Å²) in [5.74, 6) is -4.90. The van der Waals surface area contributed by atoms with Crippen LogP contribution in [0.5, 0.6) is 0 Å². The van der Waals surface area contributed by atoms with Crippen molar-refractivity contribution in [1.82, 2.24) is 9.78 Å². The summed E-state index contributed by atoms with van der Waals surface area (Å²) >= 11 is 0. The van der Waals surface area contributed by atoms with Gasteiger partial charge in [-0.15, -0.1) is 0 Å². The first-order chi connectivity index (χ1) is 7.66. The molecule has 0 spiro atoms. The highest BCUT2D eigenvalue weighted by Gasteiger charge is 2.40. The van der Waals surface area contributed by atoms with Gasteiger partial charge in [-0.05, 0) is 27.7 Å². The number of alkyl halides is 2. The van der Waals surface area contributed by atoms with Gasteiger partial charge in [-0.2, -0.15) is 5.10 Å². The highest BCUT2D eigenvalue weighted by atomic mass is 19.3. The number of hydrogen-bond donors (Lipinski definition) is 1. The van der Waals surface area contributed by atoms with Gasteiger partial charge in [0.1, 0.15) is 6.42 Å². The molecule has 1 N–H and O–H groups in total. The van der Waals surface area contributed by atoms with Crippen LogP contribution >= 0.6 is 0 Å². The summed E-state index contributed by atoms with van der Waals surface area (Å²) in [6.45, 7) is 6.67. The Balaban J connectivity index is 3.26. The summed E-state index contributed by atoms with van der Waals surface area (Å²) in [5.41, 5.74) is 0.236. The first-order valence-electron chi connectivity index (χ1n) is 5.32. The fourth-order valence-electron chi connectivity index (χ4n) is 1.97. The molecule has 0 unspecified atom stereocenters. The number of aromatic nitrogens is 2. The van der Waals surface area contributed by atoms with Crippen LogP contribution in [0.15, 0.2) is 0 Å². The van der Waals surface area contributed by atoms with E-state index < -0.39 is 18.3 Å². The molecule has 0 aliphatic rings. The third-order valence-electron chi connectivity index (χ3n) is 2.55. The van der Waals surface area contributed by atoms with Crippen molar-refractivity contribution in [3.8, 4) is 0 Å². The Morgan fingerprint density at radius 1 is 1.47 bits per heavy atom. The van der Waals surface area contributed by atoms with Gasteiger partial charge < -0.3 is 5.11 Å². The number of carboxylic acids is 1. The van der Waals surface area contributed by atoms with E-state index in [1.165, 1.54) is 18.5 Å². The van der Waals surface area contributed by atoms with Crippen molar-refractivity contribution in [3.05, 3.63) is 17.0 Å². The number of nitrogens with zero attached hydrogens (tertiary/aromatic N) is 2. The zero-order chi connectivity index (χ0) is 13.4. The number of aryl methyl sites for hydroxylation is 1. The van der Waals surface area contributed by atoms with Crippen molar-refractivity contribution in [2.75, 3.05) is 0 Å². The number of halogens is 2. The minimum absolute atomic E-state index is 0.0388. The first kappa shape index (κ1) is 13.6. The summed E-state index contributed by atoms with van der Waals surface area (Å²) < 4.78 is 29.0. The van der Waals surface area contributed by atoms with Gasteiger partial charge >= 0.3 is 5.97 Å². The summed E-state index contributed by atoms with van der Waals surface area (Å²) in [5, 5.41) is 12.5. The lowest BCUT2D eigenvalue weighted by Gasteiger charge is -2.15. The molecule has 1 aromatic heterocycles. The van der Waals surface area contributed by atoms with E-state index >= 15 is 0 Å². The quantitative estimate of drug-likeness (QED) is 0.888. The van der Waals surface area contributed by atoms with Crippen molar-refractivity contribution in [2.45, 2.75) is 46.1 Å². The summed E-state index contributed by atoms with van der Waals surface area (Å²) in [6, 6.07) is -0.0388. The number of carboxylic acid groups (broad SMARTS) is 1. The lowest BCUT2D eigenvalue weighted by molar-refractivity contribution is -0.145. The van der Waals surface area contributed by atoms with Crippen LogP contribution in [-0.4, -0.2) is 20.9 Å². The van der Waals surface area contributed by atoms with Crippen LogP contribution in [0.3, 0.4) is 0 Å². The second kappa shape index (κ2) is 4.43. The second-order valence-corrected chi connectivity index (χ2v) is 4.36. The molecular formula is C11H16F2N2O2. The predicted octanol–water partition coefficient (Wildman–Crippen LogP) is 2.65. The Hall–Kier alpha value is -1.46. The van der Waals surface area contributed by atoms with Crippen LogP contribution < -0.4 is 0 Å². The molecule has 0 aliphatic heterocycles. The smallest absolute Gasteiger partial charge is 0.309 e.